The molecule has 0 aliphatic carbocycles. The van der Waals surface area contributed by atoms with Crippen molar-refractivity contribution in [2.24, 2.45) is 0 Å². The first-order chi connectivity index (χ1) is 14.8. The van der Waals surface area contributed by atoms with E-state index in [0.717, 1.165) is 23.3 Å². The van der Waals surface area contributed by atoms with Crippen LogP contribution in [0.1, 0.15) is 21.5 Å². The normalized spacial score (nSPS) is 11.0. The summed E-state index contributed by atoms with van der Waals surface area (Å²) in [6.07, 6.45) is 0. The Hall–Kier alpha value is -3.51. The van der Waals surface area contributed by atoms with Crippen LogP contribution in [-0.2, 0) is 0 Å². The molecule has 0 bridgehead atoms. The molecule has 0 saturated carbocycles. The first kappa shape index (κ1) is 20.8. The van der Waals surface area contributed by atoms with Gasteiger partial charge in [-0.2, -0.15) is 0 Å². The molecule has 0 atom stereocenters. The summed E-state index contributed by atoms with van der Waals surface area (Å²) >= 11 is 6.32. The predicted molar refractivity (Wildman–Crippen MR) is 117 cm³/mol. The van der Waals surface area contributed by atoms with Crippen LogP contribution < -0.4 is 10.9 Å². The van der Waals surface area contributed by atoms with E-state index in [1.807, 2.05) is 19.1 Å². The van der Waals surface area contributed by atoms with Crippen LogP contribution in [0.5, 0.6) is 0 Å². The molecule has 0 unspecified atom stereocenters. The van der Waals surface area contributed by atoms with Crippen LogP contribution in [-0.4, -0.2) is 5.91 Å². The van der Waals surface area contributed by atoms with Crippen molar-refractivity contribution in [2.75, 3.05) is 5.32 Å². The highest BCUT2D eigenvalue weighted by Gasteiger charge is 2.22. The van der Waals surface area contributed by atoms with Gasteiger partial charge in [0.25, 0.3) is 5.91 Å². The Bertz CT molecular complexity index is 1410. The van der Waals surface area contributed by atoms with Gasteiger partial charge in [-0.3, -0.25) is 4.79 Å². The minimum absolute atomic E-state index is 0.157. The van der Waals surface area contributed by atoms with E-state index in [2.05, 4.69) is 5.32 Å². The van der Waals surface area contributed by atoms with Gasteiger partial charge in [-0.05, 0) is 54.8 Å². The van der Waals surface area contributed by atoms with Gasteiger partial charge in [-0.15, -0.1) is 0 Å². The zero-order valence-electron chi connectivity index (χ0n) is 16.6. The molecule has 1 amide bonds. The lowest BCUT2D eigenvalue weighted by Crippen LogP contribution is -2.20. The molecule has 31 heavy (non-hydrogen) atoms. The summed E-state index contributed by atoms with van der Waals surface area (Å²) in [5.41, 5.74) is 1.58. The van der Waals surface area contributed by atoms with Crippen molar-refractivity contribution in [2.45, 2.75) is 13.8 Å². The zero-order chi connectivity index (χ0) is 22.3. The second-order valence-corrected chi connectivity index (χ2v) is 7.54. The summed E-state index contributed by atoms with van der Waals surface area (Å²) in [5.74, 6) is -2.76. The fraction of sp³-hybridized carbons (Fsp3) is 0.0833. The number of carbonyl (C=O) groups is 1. The second kappa shape index (κ2) is 7.96. The van der Waals surface area contributed by atoms with E-state index in [1.54, 1.807) is 31.2 Å². The van der Waals surface area contributed by atoms with E-state index < -0.39 is 28.7 Å². The lowest BCUT2D eigenvalue weighted by Gasteiger charge is -2.15. The van der Waals surface area contributed by atoms with Crippen LogP contribution in [0.15, 0.2) is 63.8 Å². The number of carbonyl (C=O) groups excluding carboxylic acids is 1. The first-order valence-electron chi connectivity index (χ1n) is 9.35. The van der Waals surface area contributed by atoms with Crippen LogP contribution in [0.25, 0.3) is 22.1 Å². The summed E-state index contributed by atoms with van der Waals surface area (Å²) < 4.78 is 32.8. The number of benzene rings is 3. The van der Waals surface area contributed by atoms with Gasteiger partial charge >= 0.3 is 5.63 Å². The maximum atomic E-state index is 14.1. The summed E-state index contributed by atoms with van der Waals surface area (Å²) in [5, 5.41) is 3.43. The molecule has 1 heterocycles. The van der Waals surface area contributed by atoms with E-state index in [9.17, 15) is 18.4 Å². The Morgan fingerprint density at radius 3 is 2.45 bits per heavy atom. The van der Waals surface area contributed by atoms with Crippen LogP contribution in [0.2, 0.25) is 5.02 Å². The zero-order valence-corrected chi connectivity index (χ0v) is 17.3. The van der Waals surface area contributed by atoms with E-state index in [4.69, 9.17) is 16.0 Å². The van der Waals surface area contributed by atoms with Gasteiger partial charge in [0.2, 0.25) is 0 Å². The van der Waals surface area contributed by atoms with Gasteiger partial charge in [0.05, 0.1) is 5.56 Å². The minimum Gasteiger partial charge on any atom is -0.421 e. The summed E-state index contributed by atoms with van der Waals surface area (Å²) in [6.45, 7) is 3.64. The molecule has 0 fully saturated rings. The molecule has 4 rings (SSSR count). The van der Waals surface area contributed by atoms with Gasteiger partial charge < -0.3 is 9.73 Å². The maximum Gasteiger partial charge on any atom is 0.360 e. The van der Waals surface area contributed by atoms with Crippen molar-refractivity contribution in [3.8, 4) is 11.1 Å². The molecular weight excluding hydrogens is 424 g/mol. The monoisotopic (exact) mass is 439 g/mol. The highest BCUT2D eigenvalue weighted by molar-refractivity contribution is 6.32. The van der Waals surface area contributed by atoms with Crippen LogP contribution in [0.4, 0.5) is 14.5 Å². The SMILES string of the molecule is Cc1cc2oc(=O)c(NC(=O)c3ccc(F)cc3F)c(-c3ccccc3C)c2cc1Cl. The van der Waals surface area contributed by atoms with Gasteiger partial charge in [0.15, 0.2) is 0 Å². The average molecular weight is 440 g/mol. The number of anilines is 1. The molecule has 0 aliphatic rings. The largest absolute Gasteiger partial charge is 0.421 e. The Balaban J connectivity index is 1.98. The summed E-state index contributed by atoms with van der Waals surface area (Å²) in [4.78, 5) is 25.6. The fourth-order valence-electron chi connectivity index (χ4n) is 3.42. The van der Waals surface area contributed by atoms with Crippen molar-refractivity contribution in [1.29, 1.82) is 0 Å². The number of amides is 1. The van der Waals surface area contributed by atoms with Crippen molar-refractivity contribution >= 4 is 34.2 Å². The number of fused-ring (bicyclic) bond motifs is 1. The summed E-state index contributed by atoms with van der Waals surface area (Å²) in [6, 6.07) is 13.2. The number of hydrogen-bond acceptors (Lipinski definition) is 3. The molecule has 0 aliphatic heterocycles. The van der Waals surface area contributed by atoms with Crippen LogP contribution in [0.3, 0.4) is 0 Å². The minimum atomic E-state index is -1.04. The molecule has 4 aromatic rings. The fourth-order valence-corrected chi connectivity index (χ4v) is 3.59. The molecule has 156 valence electrons. The molecule has 4 nitrogen and oxygen atoms in total. The Labute approximate surface area is 181 Å². The number of aryl methyl sites for hydroxylation is 2. The standard InChI is InChI=1S/C24H16ClF2NO3/c1-12-5-3-4-6-15(12)21-17-11-18(25)13(2)9-20(17)31-24(30)22(21)28-23(29)16-8-7-14(26)10-19(16)27/h3-11H,1-2H3,(H,28,29). The Morgan fingerprint density at radius 2 is 1.74 bits per heavy atom. The number of hydrogen-bond donors (Lipinski definition) is 1. The molecule has 1 N–H and O–H groups in total. The van der Waals surface area contributed by atoms with Crippen molar-refractivity contribution in [3.05, 3.63) is 98.4 Å². The molecule has 0 radical (unpaired) electrons. The number of halogens is 3. The van der Waals surface area contributed by atoms with E-state index in [-0.39, 0.29) is 5.69 Å². The molecular formula is C24H16ClF2NO3. The highest BCUT2D eigenvalue weighted by Crippen LogP contribution is 2.37. The highest BCUT2D eigenvalue weighted by atomic mass is 35.5. The lowest BCUT2D eigenvalue weighted by molar-refractivity contribution is 0.102. The van der Waals surface area contributed by atoms with Crippen LogP contribution in [0, 0.1) is 25.5 Å². The third kappa shape index (κ3) is 3.82. The second-order valence-electron chi connectivity index (χ2n) is 7.13. The van der Waals surface area contributed by atoms with Gasteiger partial charge in [-0.25, -0.2) is 13.6 Å². The molecule has 1 aromatic heterocycles. The van der Waals surface area contributed by atoms with E-state index in [0.29, 0.717) is 33.2 Å². The lowest BCUT2D eigenvalue weighted by atomic mass is 9.95. The van der Waals surface area contributed by atoms with E-state index >= 15 is 0 Å². The Kier molecular flexibility index (Phi) is 5.33. The number of nitrogens with one attached hydrogen (secondary N) is 1. The van der Waals surface area contributed by atoms with E-state index in [1.165, 1.54) is 0 Å². The average Bonchev–Trinajstić information content (AvgIpc) is 2.71. The third-order valence-corrected chi connectivity index (χ3v) is 5.42. The van der Waals surface area contributed by atoms with Crippen molar-refractivity contribution in [3.63, 3.8) is 0 Å². The van der Waals surface area contributed by atoms with Crippen LogP contribution >= 0.6 is 11.6 Å². The van der Waals surface area contributed by atoms with Gasteiger partial charge in [-0.1, -0.05) is 35.9 Å². The summed E-state index contributed by atoms with van der Waals surface area (Å²) in [7, 11) is 0. The molecule has 0 saturated heterocycles. The van der Waals surface area contributed by atoms with Crippen molar-refractivity contribution < 1.29 is 18.0 Å². The maximum absolute atomic E-state index is 14.1. The molecule has 3 aromatic carbocycles. The smallest absolute Gasteiger partial charge is 0.360 e. The van der Waals surface area contributed by atoms with Crippen molar-refractivity contribution in [1.82, 2.24) is 0 Å². The molecule has 0 spiro atoms. The third-order valence-electron chi connectivity index (χ3n) is 5.02. The number of rotatable bonds is 3. The first-order valence-corrected chi connectivity index (χ1v) is 9.73. The van der Waals surface area contributed by atoms with Gasteiger partial charge in [0, 0.05) is 22.0 Å². The topological polar surface area (TPSA) is 59.3 Å². The predicted octanol–water partition coefficient (Wildman–Crippen LogP) is 6.26. The Morgan fingerprint density at radius 1 is 1.00 bits per heavy atom. The van der Waals surface area contributed by atoms with Gasteiger partial charge in [0.1, 0.15) is 22.9 Å². The quantitative estimate of drug-likeness (QED) is 0.383. The molecule has 7 heteroatoms.